The summed E-state index contributed by atoms with van der Waals surface area (Å²) in [5, 5.41) is 0. The molecule has 2 N–H and O–H groups in total. The third kappa shape index (κ3) is 3.67. The van der Waals surface area contributed by atoms with Crippen molar-refractivity contribution in [3.63, 3.8) is 0 Å². The van der Waals surface area contributed by atoms with E-state index < -0.39 is 5.54 Å². The average molecular weight is 291 g/mol. The Balaban J connectivity index is 2.03. The molecule has 1 fully saturated rings. The molecule has 1 heterocycles. The first kappa shape index (κ1) is 15.6. The van der Waals surface area contributed by atoms with Crippen LogP contribution in [0.5, 0.6) is 5.75 Å². The molecule has 0 aromatic heterocycles. The van der Waals surface area contributed by atoms with Crippen molar-refractivity contribution >= 4 is 11.6 Å². The fourth-order valence-electron chi connectivity index (χ4n) is 2.55. The maximum Gasteiger partial charge on any atom is 0.242 e. The quantitative estimate of drug-likeness (QED) is 0.912. The summed E-state index contributed by atoms with van der Waals surface area (Å²) in [5.74, 6) is 0.916. The summed E-state index contributed by atoms with van der Waals surface area (Å²) in [7, 11) is 0. The Morgan fingerprint density at radius 2 is 1.86 bits per heavy atom. The first-order valence-corrected chi connectivity index (χ1v) is 7.48. The number of rotatable bonds is 4. The van der Waals surface area contributed by atoms with E-state index in [-0.39, 0.29) is 5.91 Å². The van der Waals surface area contributed by atoms with Crippen molar-refractivity contribution in [1.29, 1.82) is 0 Å². The summed E-state index contributed by atoms with van der Waals surface area (Å²) in [6.45, 7) is 9.13. The van der Waals surface area contributed by atoms with Gasteiger partial charge in [-0.15, -0.1) is 0 Å². The number of amides is 1. The number of nitrogens with two attached hydrogens (primary N) is 1. The number of benzene rings is 1. The van der Waals surface area contributed by atoms with E-state index in [9.17, 15) is 4.79 Å². The maximum absolute atomic E-state index is 12.2. The third-order valence-corrected chi connectivity index (χ3v) is 3.62. The lowest BCUT2D eigenvalue weighted by Gasteiger charge is -2.39. The zero-order valence-electron chi connectivity index (χ0n) is 13.1. The van der Waals surface area contributed by atoms with Gasteiger partial charge in [0.15, 0.2) is 0 Å². The number of para-hydroxylation sites is 2. The minimum atomic E-state index is -0.800. The molecule has 0 aliphatic carbocycles. The zero-order chi connectivity index (χ0) is 15.5. The minimum Gasteiger partial charge on any atom is -0.492 e. The number of hydrogen-bond acceptors (Lipinski definition) is 4. The predicted molar refractivity (Wildman–Crippen MR) is 84.7 cm³/mol. The number of piperazine rings is 1. The van der Waals surface area contributed by atoms with E-state index in [1.807, 2.05) is 30.0 Å². The molecular weight excluding hydrogens is 266 g/mol. The molecule has 0 atom stereocenters. The van der Waals surface area contributed by atoms with Crippen LogP contribution in [0.4, 0.5) is 5.69 Å². The Bertz CT molecular complexity index is 489. The summed E-state index contributed by atoms with van der Waals surface area (Å²) in [6, 6.07) is 8.04. The molecule has 1 saturated heterocycles. The van der Waals surface area contributed by atoms with Crippen LogP contribution >= 0.6 is 0 Å². The molecule has 1 aromatic carbocycles. The fraction of sp³-hybridized carbons (Fsp3) is 0.562. The molecule has 21 heavy (non-hydrogen) atoms. The van der Waals surface area contributed by atoms with Gasteiger partial charge in [0.05, 0.1) is 17.8 Å². The lowest BCUT2D eigenvalue weighted by atomic mass is 10.0. The van der Waals surface area contributed by atoms with Crippen molar-refractivity contribution in [3.8, 4) is 5.75 Å². The zero-order valence-corrected chi connectivity index (χ0v) is 13.1. The van der Waals surface area contributed by atoms with Crippen molar-refractivity contribution in [1.82, 2.24) is 4.90 Å². The Morgan fingerprint density at radius 3 is 2.43 bits per heavy atom. The summed E-state index contributed by atoms with van der Waals surface area (Å²) < 4.78 is 5.68. The molecule has 0 radical (unpaired) electrons. The van der Waals surface area contributed by atoms with Crippen LogP contribution in [0.3, 0.4) is 0 Å². The van der Waals surface area contributed by atoms with Gasteiger partial charge in [-0.05, 0) is 32.9 Å². The summed E-state index contributed by atoms with van der Waals surface area (Å²) in [6.07, 6.45) is 0. The van der Waals surface area contributed by atoms with Gasteiger partial charge in [-0.3, -0.25) is 4.79 Å². The molecule has 0 spiro atoms. The van der Waals surface area contributed by atoms with Gasteiger partial charge in [0.1, 0.15) is 5.75 Å². The average Bonchev–Trinajstić information content (AvgIpc) is 2.47. The Morgan fingerprint density at radius 1 is 1.24 bits per heavy atom. The van der Waals surface area contributed by atoms with Crippen LogP contribution in [0, 0.1) is 0 Å². The van der Waals surface area contributed by atoms with Gasteiger partial charge >= 0.3 is 0 Å². The molecule has 1 aliphatic rings. The first-order chi connectivity index (χ1) is 9.93. The Kier molecular flexibility index (Phi) is 4.73. The van der Waals surface area contributed by atoms with Crippen molar-refractivity contribution in [2.75, 3.05) is 37.7 Å². The molecule has 1 aromatic rings. The first-order valence-electron chi connectivity index (χ1n) is 7.48. The SMILES string of the molecule is CCOc1ccccc1N1CCN(C(=O)C(C)(C)N)CC1. The van der Waals surface area contributed by atoms with Gasteiger partial charge in [-0.1, -0.05) is 12.1 Å². The third-order valence-electron chi connectivity index (χ3n) is 3.62. The predicted octanol–water partition coefficient (Wildman–Crippen LogP) is 1.47. The van der Waals surface area contributed by atoms with E-state index in [2.05, 4.69) is 11.0 Å². The maximum atomic E-state index is 12.2. The highest BCUT2D eigenvalue weighted by molar-refractivity contribution is 5.85. The highest BCUT2D eigenvalue weighted by atomic mass is 16.5. The van der Waals surface area contributed by atoms with Gasteiger partial charge in [-0.2, -0.15) is 0 Å². The van der Waals surface area contributed by atoms with Crippen LogP contribution in [0.25, 0.3) is 0 Å². The topological polar surface area (TPSA) is 58.8 Å². The van der Waals surface area contributed by atoms with Crippen molar-refractivity contribution in [2.24, 2.45) is 5.73 Å². The molecule has 5 nitrogen and oxygen atoms in total. The van der Waals surface area contributed by atoms with Gasteiger partial charge in [0.25, 0.3) is 0 Å². The summed E-state index contributed by atoms with van der Waals surface area (Å²) in [5.41, 5.74) is 6.19. The van der Waals surface area contributed by atoms with E-state index in [1.54, 1.807) is 13.8 Å². The van der Waals surface area contributed by atoms with Crippen LogP contribution < -0.4 is 15.4 Å². The summed E-state index contributed by atoms with van der Waals surface area (Å²) >= 11 is 0. The highest BCUT2D eigenvalue weighted by Gasteiger charge is 2.30. The van der Waals surface area contributed by atoms with Gasteiger partial charge in [0, 0.05) is 26.2 Å². The number of carbonyl (C=O) groups excluding carboxylic acids is 1. The van der Waals surface area contributed by atoms with Crippen LogP contribution in [0.15, 0.2) is 24.3 Å². The molecule has 0 saturated carbocycles. The molecule has 1 amide bonds. The molecule has 0 bridgehead atoms. The number of anilines is 1. The molecular formula is C16H25N3O2. The molecule has 0 unspecified atom stereocenters. The van der Waals surface area contributed by atoms with E-state index in [1.165, 1.54) is 0 Å². The second kappa shape index (κ2) is 6.35. The van der Waals surface area contributed by atoms with Crippen LogP contribution in [-0.2, 0) is 4.79 Å². The van der Waals surface area contributed by atoms with E-state index in [4.69, 9.17) is 10.5 Å². The summed E-state index contributed by atoms with van der Waals surface area (Å²) in [4.78, 5) is 16.3. The lowest BCUT2D eigenvalue weighted by molar-refractivity contribution is -0.136. The van der Waals surface area contributed by atoms with Crippen molar-refractivity contribution < 1.29 is 9.53 Å². The number of carbonyl (C=O) groups is 1. The van der Waals surface area contributed by atoms with Crippen LogP contribution in [0.2, 0.25) is 0 Å². The van der Waals surface area contributed by atoms with E-state index >= 15 is 0 Å². The van der Waals surface area contributed by atoms with Crippen LogP contribution in [-0.4, -0.2) is 49.1 Å². The monoisotopic (exact) mass is 291 g/mol. The number of nitrogens with zero attached hydrogens (tertiary/aromatic N) is 2. The van der Waals surface area contributed by atoms with E-state index in [0.717, 1.165) is 24.5 Å². The Labute approximate surface area is 126 Å². The standard InChI is InChI=1S/C16H25N3O2/c1-4-21-14-8-6-5-7-13(14)18-9-11-19(12-10-18)15(20)16(2,3)17/h5-8H,4,9-12,17H2,1-3H3. The van der Waals surface area contributed by atoms with Gasteiger partial charge < -0.3 is 20.3 Å². The van der Waals surface area contributed by atoms with Crippen molar-refractivity contribution in [2.45, 2.75) is 26.3 Å². The molecule has 1 aliphatic heterocycles. The highest BCUT2D eigenvalue weighted by Crippen LogP contribution is 2.28. The lowest BCUT2D eigenvalue weighted by Crippen LogP contribution is -2.57. The van der Waals surface area contributed by atoms with Gasteiger partial charge in [-0.25, -0.2) is 0 Å². The normalized spacial score (nSPS) is 16.0. The second-order valence-corrected chi connectivity index (χ2v) is 5.90. The fourth-order valence-corrected chi connectivity index (χ4v) is 2.55. The Hall–Kier alpha value is -1.75. The van der Waals surface area contributed by atoms with Crippen molar-refractivity contribution in [3.05, 3.63) is 24.3 Å². The minimum absolute atomic E-state index is 0.0141. The van der Waals surface area contributed by atoms with Gasteiger partial charge in [0.2, 0.25) is 5.91 Å². The number of ether oxygens (including phenoxy) is 1. The molecule has 2 rings (SSSR count). The number of hydrogen-bond donors (Lipinski definition) is 1. The smallest absolute Gasteiger partial charge is 0.242 e. The second-order valence-electron chi connectivity index (χ2n) is 5.90. The molecule has 5 heteroatoms. The molecule has 116 valence electrons. The van der Waals surface area contributed by atoms with Crippen LogP contribution in [0.1, 0.15) is 20.8 Å². The largest absolute Gasteiger partial charge is 0.492 e. The van der Waals surface area contributed by atoms with E-state index in [0.29, 0.717) is 19.7 Å².